The fraction of sp³-hybridized carbons (Fsp3) is 0.125. The summed E-state index contributed by atoms with van der Waals surface area (Å²) in [5.41, 5.74) is 2.09. The van der Waals surface area contributed by atoms with E-state index in [1.54, 1.807) is 0 Å². The lowest BCUT2D eigenvalue weighted by molar-refractivity contribution is 0.468. The van der Waals surface area contributed by atoms with Crippen LogP contribution in [0.4, 0.5) is 0 Å². The minimum absolute atomic E-state index is 0.581. The summed E-state index contributed by atoms with van der Waals surface area (Å²) in [6.45, 7) is 0.844. The first-order valence-electron chi connectivity index (χ1n) is 6.48. The standard InChI is InChI=1S/C16H15N3O/c1-17-10-12-6-8-13(9-7-12)20-16-14-4-2-3-5-15(14)18-11-19-16/h2-9,11,17H,10H2,1H3. The second-order valence-electron chi connectivity index (χ2n) is 4.47. The number of aromatic nitrogens is 2. The van der Waals surface area contributed by atoms with Gasteiger partial charge in [0, 0.05) is 6.54 Å². The lowest BCUT2D eigenvalue weighted by Gasteiger charge is -2.08. The topological polar surface area (TPSA) is 47.0 Å². The molecule has 4 nitrogen and oxygen atoms in total. The molecule has 2 aromatic carbocycles. The molecule has 0 amide bonds. The van der Waals surface area contributed by atoms with Crippen molar-refractivity contribution in [2.75, 3.05) is 7.05 Å². The van der Waals surface area contributed by atoms with E-state index in [9.17, 15) is 0 Å². The van der Waals surface area contributed by atoms with Gasteiger partial charge in [-0.05, 0) is 36.9 Å². The number of benzene rings is 2. The molecule has 0 atom stereocenters. The molecule has 1 heterocycles. The number of rotatable bonds is 4. The lowest BCUT2D eigenvalue weighted by atomic mass is 10.2. The SMILES string of the molecule is CNCc1ccc(Oc2ncnc3ccccc23)cc1. The normalized spacial score (nSPS) is 10.7. The van der Waals surface area contributed by atoms with Gasteiger partial charge in [-0.2, -0.15) is 0 Å². The maximum atomic E-state index is 5.85. The van der Waals surface area contributed by atoms with Crippen molar-refractivity contribution in [1.29, 1.82) is 0 Å². The Morgan fingerprint density at radius 2 is 1.80 bits per heavy atom. The van der Waals surface area contributed by atoms with Crippen LogP contribution >= 0.6 is 0 Å². The van der Waals surface area contributed by atoms with E-state index in [2.05, 4.69) is 15.3 Å². The van der Waals surface area contributed by atoms with Crippen molar-refractivity contribution in [3.05, 3.63) is 60.4 Å². The van der Waals surface area contributed by atoms with Gasteiger partial charge in [-0.15, -0.1) is 0 Å². The van der Waals surface area contributed by atoms with E-state index in [0.717, 1.165) is 23.2 Å². The average Bonchev–Trinajstić information content (AvgIpc) is 2.50. The molecule has 0 aliphatic rings. The van der Waals surface area contributed by atoms with Crippen molar-refractivity contribution < 1.29 is 4.74 Å². The van der Waals surface area contributed by atoms with Gasteiger partial charge in [-0.3, -0.25) is 0 Å². The van der Waals surface area contributed by atoms with E-state index in [1.165, 1.54) is 11.9 Å². The Hall–Kier alpha value is -2.46. The fourth-order valence-electron chi connectivity index (χ4n) is 2.05. The number of ether oxygens (including phenoxy) is 1. The summed E-state index contributed by atoms with van der Waals surface area (Å²) in [4.78, 5) is 8.44. The first-order chi connectivity index (χ1) is 9.86. The first-order valence-corrected chi connectivity index (χ1v) is 6.48. The molecule has 0 radical (unpaired) electrons. The summed E-state index contributed by atoms with van der Waals surface area (Å²) in [6.07, 6.45) is 1.52. The number of nitrogens with one attached hydrogen (secondary N) is 1. The third-order valence-electron chi connectivity index (χ3n) is 3.03. The summed E-state index contributed by atoms with van der Waals surface area (Å²) in [5.74, 6) is 1.35. The molecule has 100 valence electrons. The van der Waals surface area contributed by atoms with Crippen molar-refractivity contribution in [2.24, 2.45) is 0 Å². The van der Waals surface area contributed by atoms with Gasteiger partial charge in [-0.25, -0.2) is 9.97 Å². The van der Waals surface area contributed by atoms with Gasteiger partial charge in [0.15, 0.2) is 0 Å². The van der Waals surface area contributed by atoms with Crippen LogP contribution in [0.2, 0.25) is 0 Å². The Balaban J connectivity index is 1.89. The van der Waals surface area contributed by atoms with Gasteiger partial charge in [0.1, 0.15) is 12.1 Å². The second kappa shape index (κ2) is 5.67. The smallest absolute Gasteiger partial charge is 0.230 e. The van der Waals surface area contributed by atoms with E-state index in [0.29, 0.717) is 5.88 Å². The van der Waals surface area contributed by atoms with Crippen LogP contribution in [-0.4, -0.2) is 17.0 Å². The Bertz CT molecular complexity index is 705. The molecule has 0 saturated heterocycles. The molecular weight excluding hydrogens is 250 g/mol. The monoisotopic (exact) mass is 265 g/mol. The zero-order chi connectivity index (χ0) is 13.8. The molecule has 4 heteroatoms. The number of hydrogen-bond donors (Lipinski definition) is 1. The zero-order valence-corrected chi connectivity index (χ0v) is 11.2. The van der Waals surface area contributed by atoms with Crippen LogP contribution in [0.3, 0.4) is 0 Å². The fourth-order valence-corrected chi connectivity index (χ4v) is 2.05. The molecule has 1 N–H and O–H groups in total. The molecule has 3 rings (SSSR count). The summed E-state index contributed by atoms with van der Waals surface area (Å²) in [6, 6.07) is 15.8. The highest BCUT2D eigenvalue weighted by Crippen LogP contribution is 2.26. The molecule has 3 aromatic rings. The van der Waals surface area contributed by atoms with E-state index in [1.807, 2.05) is 55.6 Å². The van der Waals surface area contributed by atoms with Gasteiger partial charge < -0.3 is 10.1 Å². The van der Waals surface area contributed by atoms with Crippen LogP contribution in [0.5, 0.6) is 11.6 Å². The number of hydrogen-bond acceptors (Lipinski definition) is 4. The molecule has 20 heavy (non-hydrogen) atoms. The number of nitrogens with zero attached hydrogens (tertiary/aromatic N) is 2. The molecule has 0 unspecified atom stereocenters. The third kappa shape index (κ3) is 2.60. The van der Waals surface area contributed by atoms with Crippen LogP contribution in [0.1, 0.15) is 5.56 Å². The predicted octanol–water partition coefficient (Wildman–Crippen LogP) is 3.14. The Labute approximate surface area is 117 Å². The van der Waals surface area contributed by atoms with Gasteiger partial charge >= 0.3 is 0 Å². The average molecular weight is 265 g/mol. The molecule has 0 aliphatic carbocycles. The van der Waals surface area contributed by atoms with E-state index in [4.69, 9.17) is 4.74 Å². The van der Waals surface area contributed by atoms with Crippen LogP contribution in [-0.2, 0) is 6.54 Å². The molecule has 0 bridgehead atoms. The van der Waals surface area contributed by atoms with Gasteiger partial charge in [-0.1, -0.05) is 24.3 Å². The second-order valence-corrected chi connectivity index (χ2v) is 4.47. The molecule has 0 fully saturated rings. The number of para-hydroxylation sites is 1. The third-order valence-corrected chi connectivity index (χ3v) is 3.03. The van der Waals surface area contributed by atoms with Crippen molar-refractivity contribution in [2.45, 2.75) is 6.54 Å². The van der Waals surface area contributed by atoms with Gasteiger partial charge in [0.05, 0.1) is 10.9 Å². The predicted molar refractivity (Wildman–Crippen MR) is 78.8 cm³/mol. The Kier molecular flexibility index (Phi) is 3.56. The van der Waals surface area contributed by atoms with Crippen molar-refractivity contribution in [3.63, 3.8) is 0 Å². The molecule has 0 spiro atoms. The quantitative estimate of drug-likeness (QED) is 0.787. The minimum Gasteiger partial charge on any atom is -0.438 e. The highest BCUT2D eigenvalue weighted by atomic mass is 16.5. The van der Waals surface area contributed by atoms with Crippen molar-refractivity contribution >= 4 is 10.9 Å². The van der Waals surface area contributed by atoms with Crippen molar-refractivity contribution in [3.8, 4) is 11.6 Å². The highest BCUT2D eigenvalue weighted by molar-refractivity contribution is 5.83. The van der Waals surface area contributed by atoms with Crippen LogP contribution < -0.4 is 10.1 Å². The Morgan fingerprint density at radius 3 is 2.60 bits per heavy atom. The van der Waals surface area contributed by atoms with Crippen LogP contribution in [0, 0.1) is 0 Å². The Morgan fingerprint density at radius 1 is 1.00 bits per heavy atom. The highest BCUT2D eigenvalue weighted by Gasteiger charge is 2.05. The van der Waals surface area contributed by atoms with Crippen molar-refractivity contribution in [1.82, 2.24) is 15.3 Å². The first kappa shape index (κ1) is 12.6. The molecule has 0 aliphatic heterocycles. The summed E-state index contributed by atoms with van der Waals surface area (Å²) < 4.78 is 5.85. The summed E-state index contributed by atoms with van der Waals surface area (Å²) >= 11 is 0. The molecule has 0 saturated carbocycles. The van der Waals surface area contributed by atoms with E-state index < -0.39 is 0 Å². The van der Waals surface area contributed by atoms with Crippen LogP contribution in [0.15, 0.2) is 54.9 Å². The minimum atomic E-state index is 0.581. The lowest BCUT2D eigenvalue weighted by Crippen LogP contribution is -2.04. The zero-order valence-electron chi connectivity index (χ0n) is 11.2. The maximum Gasteiger partial charge on any atom is 0.230 e. The van der Waals surface area contributed by atoms with Gasteiger partial charge in [0.25, 0.3) is 0 Å². The van der Waals surface area contributed by atoms with E-state index >= 15 is 0 Å². The molecule has 1 aromatic heterocycles. The van der Waals surface area contributed by atoms with E-state index in [-0.39, 0.29) is 0 Å². The van der Waals surface area contributed by atoms with Gasteiger partial charge in [0.2, 0.25) is 5.88 Å². The summed E-state index contributed by atoms with van der Waals surface area (Å²) in [7, 11) is 1.93. The summed E-state index contributed by atoms with van der Waals surface area (Å²) in [5, 5.41) is 4.03. The largest absolute Gasteiger partial charge is 0.438 e. The number of fused-ring (bicyclic) bond motifs is 1. The maximum absolute atomic E-state index is 5.85. The van der Waals surface area contributed by atoms with Crippen LogP contribution in [0.25, 0.3) is 10.9 Å². The molecular formula is C16H15N3O.